The molecule has 160 valence electrons. The molecule has 0 saturated carbocycles. The van der Waals surface area contributed by atoms with Crippen molar-refractivity contribution >= 4 is 76.3 Å². The third-order valence-electron chi connectivity index (χ3n) is 7.52. The molecule has 1 nitrogen and oxygen atoms in total. The lowest BCUT2D eigenvalue weighted by Crippen LogP contribution is -2.00. The predicted molar refractivity (Wildman–Crippen MR) is 147 cm³/mol. The summed E-state index contributed by atoms with van der Waals surface area (Å²) >= 11 is 1.82. The van der Waals surface area contributed by atoms with Gasteiger partial charge in [0.25, 0.3) is 0 Å². The van der Waals surface area contributed by atoms with Crippen LogP contribution in [0.2, 0.25) is 0 Å². The fraction of sp³-hybridized carbons (Fsp3) is 0.0625. The summed E-state index contributed by atoms with van der Waals surface area (Å²) in [5.41, 5.74) is 3.92. The van der Waals surface area contributed by atoms with Gasteiger partial charge in [-0.25, -0.2) is 0 Å². The van der Waals surface area contributed by atoms with Crippen molar-refractivity contribution in [1.82, 2.24) is 0 Å². The van der Waals surface area contributed by atoms with Crippen LogP contribution in [0, 0.1) is 13.8 Å². The molecule has 0 atom stereocenters. The van der Waals surface area contributed by atoms with Crippen molar-refractivity contribution in [2.45, 2.75) is 13.8 Å². The van der Waals surface area contributed by atoms with E-state index in [9.17, 15) is 0 Å². The Hall–Kier alpha value is -3.88. The van der Waals surface area contributed by atoms with Crippen LogP contribution in [0.25, 0.3) is 65.0 Å². The molecule has 1 aromatic heterocycles. The van der Waals surface area contributed by atoms with Gasteiger partial charge in [-0.1, -0.05) is 60.7 Å². The zero-order chi connectivity index (χ0) is 22.6. The van der Waals surface area contributed by atoms with Gasteiger partial charge in [0, 0.05) is 15.5 Å². The fourth-order valence-electron chi connectivity index (χ4n) is 5.77. The second-order valence-corrected chi connectivity index (χ2v) is 10.6. The summed E-state index contributed by atoms with van der Waals surface area (Å²) in [6.07, 6.45) is 2.19. The Morgan fingerprint density at radius 2 is 1.35 bits per heavy atom. The molecule has 0 bridgehead atoms. The standard InChI is InChI=1S/C32H20OS/c1-17-13-24-22-10-9-21-16-29(27-15-20-7-3-5-19-6-4-8-26(33-27)30(19)20)34-28-12-11-23(32(22)31(21)28)25(24)14-18(17)2/h3-16H,1-2H3. The highest BCUT2D eigenvalue weighted by Crippen LogP contribution is 2.46. The third kappa shape index (κ3) is 2.33. The summed E-state index contributed by atoms with van der Waals surface area (Å²) in [6.45, 7) is 4.42. The van der Waals surface area contributed by atoms with Gasteiger partial charge in [-0.15, -0.1) is 11.3 Å². The van der Waals surface area contributed by atoms with E-state index in [0.717, 1.165) is 16.4 Å². The van der Waals surface area contributed by atoms with Crippen LogP contribution < -0.4 is 4.74 Å². The molecular weight excluding hydrogens is 432 g/mol. The van der Waals surface area contributed by atoms with Crippen LogP contribution in [0.5, 0.6) is 5.75 Å². The minimum absolute atomic E-state index is 0.924. The number of ether oxygens (including phenoxy) is 1. The lowest BCUT2D eigenvalue weighted by atomic mass is 10.00. The maximum atomic E-state index is 6.46. The number of hydrogen-bond acceptors (Lipinski definition) is 2. The monoisotopic (exact) mass is 452 g/mol. The van der Waals surface area contributed by atoms with Crippen LogP contribution >= 0.6 is 11.3 Å². The van der Waals surface area contributed by atoms with E-state index in [1.165, 1.54) is 69.9 Å². The van der Waals surface area contributed by atoms with Crippen LogP contribution in [0.4, 0.5) is 0 Å². The van der Waals surface area contributed by atoms with Crippen molar-refractivity contribution in [3.05, 3.63) is 100 Å². The van der Waals surface area contributed by atoms with E-state index in [0.29, 0.717) is 0 Å². The Kier molecular flexibility index (Phi) is 3.47. The largest absolute Gasteiger partial charge is 0.455 e. The Morgan fingerprint density at radius 1 is 0.618 bits per heavy atom. The number of rotatable bonds is 1. The number of hydrogen-bond donors (Lipinski definition) is 0. The van der Waals surface area contributed by atoms with Gasteiger partial charge in [-0.2, -0.15) is 0 Å². The Balaban J connectivity index is 1.40. The molecule has 0 saturated heterocycles. The van der Waals surface area contributed by atoms with Gasteiger partial charge in [0.1, 0.15) is 11.5 Å². The zero-order valence-electron chi connectivity index (χ0n) is 18.9. The molecule has 0 unspecified atom stereocenters. The molecule has 0 radical (unpaired) electrons. The highest BCUT2D eigenvalue weighted by Gasteiger charge is 2.20. The van der Waals surface area contributed by atoms with E-state index < -0.39 is 0 Å². The minimum Gasteiger partial charge on any atom is -0.455 e. The Labute approximate surface area is 200 Å². The maximum absolute atomic E-state index is 6.46. The molecule has 0 amide bonds. The van der Waals surface area contributed by atoms with Crippen molar-refractivity contribution in [3.8, 4) is 5.75 Å². The second-order valence-electron chi connectivity index (χ2n) is 9.47. The first-order chi connectivity index (χ1) is 16.7. The minimum atomic E-state index is 0.924. The van der Waals surface area contributed by atoms with Crippen LogP contribution in [0.1, 0.15) is 21.6 Å². The summed E-state index contributed by atoms with van der Waals surface area (Å²) in [7, 11) is 0. The van der Waals surface area contributed by atoms with E-state index in [-0.39, 0.29) is 0 Å². The van der Waals surface area contributed by atoms with E-state index >= 15 is 0 Å². The lowest BCUT2D eigenvalue weighted by molar-refractivity contribution is 0.523. The molecule has 0 N–H and O–H groups in total. The quantitative estimate of drug-likeness (QED) is 0.241. The molecule has 0 aliphatic carbocycles. The van der Waals surface area contributed by atoms with E-state index in [4.69, 9.17) is 4.74 Å². The van der Waals surface area contributed by atoms with E-state index in [1.54, 1.807) is 0 Å². The summed E-state index contributed by atoms with van der Waals surface area (Å²) < 4.78 is 7.76. The number of benzene rings is 5. The van der Waals surface area contributed by atoms with Crippen LogP contribution in [0.3, 0.4) is 0 Å². The molecule has 8 rings (SSSR count). The first-order valence-corrected chi connectivity index (χ1v) is 12.5. The predicted octanol–water partition coefficient (Wildman–Crippen LogP) is 9.46. The highest BCUT2D eigenvalue weighted by molar-refractivity contribution is 7.19. The number of aryl methyl sites for hydroxylation is 2. The molecular formula is C32H20OS. The van der Waals surface area contributed by atoms with Gasteiger partial charge >= 0.3 is 0 Å². The average molecular weight is 453 g/mol. The fourth-order valence-corrected chi connectivity index (χ4v) is 6.85. The van der Waals surface area contributed by atoms with Gasteiger partial charge in [-0.05, 0) is 92.5 Å². The van der Waals surface area contributed by atoms with Gasteiger partial charge in [-0.3, -0.25) is 0 Å². The molecule has 6 aromatic carbocycles. The van der Waals surface area contributed by atoms with E-state index in [1.807, 2.05) is 11.3 Å². The Bertz CT molecular complexity index is 1910. The van der Waals surface area contributed by atoms with Crippen molar-refractivity contribution in [2.24, 2.45) is 0 Å². The van der Waals surface area contributed by atoms with Crippen LogP contribution in [-0.4, -0.2) is 0 Å². The lowest BCUT2D eigenvalue weighted by Gasteiger charge is -2.19. The van der Waals surface area contributed by atoms with Crippen molar-refractivity contribution in [3.63, 3.8) is 0 Å². The molecule has 0 spiro atoms. The van der Waals surface area contributed by atoms with Crippen molar-refractivity contribution < 1.29 is 4.74 Å². The topological polar surface area (TPSA) is 9.23 Å². The molecule has 2 heterocycles. The van der Waals surface area contributed by atoms with E-state index in [2.05, 4.69) is 98.8 Å². The van der Waals surface area contributed by atoms with Crippen molar-refractivity contribution in [2.75, 3.05) is 0 Å². The maximum Gasteiger partial charge on any atom is 0.145 e. The molecule has 1 aliphatic heterocycles. The smallest absolute Gasteiger partial charge is 0.145 e. The van der Waals surface area contributed by atoms with Gasteiger partial charge in [0.05, 0.1) is 4.88 Å². The zero-order valence-corrected chi connectivity index (χ0v) is 19.7. The average Bonchev–Trinajstić information content (AvgIpc) is 3.16. The summed E-state index contributed by atoms with van der Waals surface area (Å²) in [5, 5.41) is 11.9. The SMILES string of the molecule is Cc1cc2c(cc1C)c1ccc3sc(C4=Cc5cccc6cccc(c56)O4)cc4ccc2c1c43. The molecule has 1 aliphatic rings. The second kappa shape index (κ2) is 6.37. The molecule has 2 heteroatoms. The Morgan fingerprint density at radius 3 is 2.15 bits per heavy atom. The molecule has 34 heavy (non-hydrogen) atoms. The van der Waals surface area contributed by atoms with Gasteiger partial charge in [0.2, 0.25) is 0 Å². The highest BCUT2D eigenvalue weighted by atomic mass is 32.1. The molecule has 7 aromatic rings. The summed E-state index contributed by atoms with van der Waals surface area (Å²) in [6, 6.07) is 29.0. The number of fused-ring (bicyclic) bond motifs is 3. The first kappa shape index (κ1) is 18.5. The van der Waals surface area contributed by atoms with Gasteiger partial charge < -0.3 is 4.74 Å². The van der Waals surface area contributed by atoms with Crippen molar-refractivity contribution in [1.29, 1.82) is 0 Å². The summed E-state index contributed by atoms with van der Waals surface area (Å²) in [5.74, 6) is 1.86. The van der Waals surface area contributed by atoms with Gasteiger partial charge in [0.15, 0.2) is 0 Å². The van der Waals surface area contributed by atoms with Crippen LogP contribution in [-0.2, 0) is 0 Å². The third-order valence-corrected chi connectivity index (χ3v) is 8.62. The normalized spacial score (nSPS) is 13.4. The first-order valence-electron chi connectivity index (χ1n) is 11.7. The van der Waals surface area contributed by atoms with Crippen LogP contribution in [0.15, 0.2) is 78.9 Å². The molecule has 0 fully saturated rings. The summed E-state index contributed by atoms with van der Waals surface area (Å²) in [4.78, 5) is 1.16.